The zero-order chi connectivity index (χ0) is 10.7. The van der Waals surface area contributed by atoms with Crippen LogP contribution in [0.3, 0.4) is 0 Å². The van der Waals surface area contributed by atoms with Gasteiger partial charge in [-0.1, -0.05) is 17.7 Å². The van der Waals surface area contributed by atoms with Crippen LogP contribution in [0.25, 0.3) is 5.03 Å². The van der Waals surface area contributed by atoms with Gasteiger partial charge in [-0.25, -0.2) is 4.39 Å². The van der Waals surface area contributed by atoms with Crippen molar-refractivity contribution in [2.24, 2.45) is 5.73 Å². The lowest BCUT2D eigenvalue weighted by atomic mass is 10.0. The Morgan fingerprint density at radius 2 is 2.21 bits per heavy atom. The third kappa shape index (κ3) is 2.14. The van der Waals surface area contributed by atoms with Crippen LogP contribution in [0.4, 0.5) is 4.39 Å². The molecule has 0 radical (unpaired) electrons. The number of nitrogens with two attached hydrogens (primary N) is 1. The summed E-state index contributed by atoms with van der Waals surface area (Å²) in [7, 11) is 0. The Morgan fingerprint density at radius 3 is 2.71 bits per heavy atom. The van der Waals surface area contributed by atoms with Crippen LogP contribution in [0.5, 0.6) is 0 Å². The van der Waals surface area contributed by atoms with E-state index in [2.05, 4.69) is 0 Å². The van der Waals surface area contributed by atoms with Gasteiger partial charge in [0.1, 0.15) is 5.82 Å². The van der Waals surface area contributed by atoms with E-state index < -0.39 is 0 Å². The third-order valence-electron chi connectivity index (χ3n) is 2.12. The molecule has 0 atom stereocenters. The summed E-state index contributed by atoms with van der Waals surface area (Å²) in [5.41, 5.74) is 7.57. The lowest BCUT2D eigenvalue weighted by molar-refractivity contribution is 0.609. The second-order valence-corrected chi connectivity index (χ2v) is 3.51. The fraction of sp³-hybridized carbons (Fsp3) is 0.273. The van der Waals surface area contributed by atoms with Crippen molar-refractivity contribution in [3.8, 4) is 0 Å². The van der Waals surface area contributed by atoms with Crippen LogP contribution >= 0.6 is 11.6 Å². The van der Waals surface area contributed by atoms with Crippen molar-refractivity contribution in [3.63, 3.8) is 0 Å². The van der Waals surface area contributed by atoms with Gasteiger partial charge in [0, 0.05) is 17.1 Å². The maximum atomic E-state index is 13.3. The molecule has 0 aromatic heterocycles. The number of halogens is 2. The SMILES string of the molecule is C/C=C(/Cl)c1cc(CN)c(F)cc1C. The summed E-state index contributed by atoms with van der Waals surface area (Å²) < 4.78 is 13.3. The summed E-state index contributed by atoms with van der Waals surface area (Å²) in [4.78, 5) is 0. The standard InChI is InChI=1S/C11H13ClFN/c1-3-10(12)9-5-8(6-14)11(13)4-7(9)2/h3-5H,6,14H2,1-2H3/b10-3+. The van der Waals surface area contributed by atoms with Gasteiger partial charge in [0.2, 0.25) is 0 Å². The Balaban J connectivity index is 3.31. The number of aryl methyl sites for hydroxylation is 1. The Labute approximate surface area is 88.4 Å². The van der Waals surface area contributed by atoms with E-state index in [9.17, 15) is 4.39 Å². The smallest absolute Gasteiger partial charge is 0.127 e. The van der Waals surface area contributed by atoms with E-state index >= 15 is 0 Å². The first-order chi connectivity index (χ1) is 6.60. The monoisotopic (exact) mass is 213 g/mol. The molecular formula is C11H13ClFN. The first kappa shape index (κ1) is 11.2. The van der Waals surface area contributed by atoms with E-state index in [-0.39, 0.29) is 12.4 Å². The minimum atomic E-state index is -0.269. The van der Waals surface area contributed by atoms with Crippen LogP contribution < -0.4 is 5.73 Å². The topological polar surface area (TPSA) is 26.0 Å². The molecular weight excluding hydrogens is 201 g/mol. The van der Waals surface area contributed by atoms with Crippen molar-refractivity contribution in [2.75, 3.05) is 0 Å². The molecule has 0 aliphatic heterocycles. The molecule has 1 aromatic carbocycles. The predicted molar refractivity (Wildman–Crippen MR) is 58.5 cm³/mol. The van der Waals surface area contributed by atoms with Crippen LogP contribution in [0.1, 0.15) is 23.6 Å². The molecule has 0 aliphatic carbocycles. The number of rotatable bonds is 2. The molecule has 2 N–H and O–H groups in total. The zero-order valence-electron chi connectivity index (χ0n) is 8.27. The minimum absolute atomic E-state index is 0.187. The molecule has 1 nitrogen and oxygen atoms in total. The average Bonchev–Trinajstić information content (AvgIpc) is 2.17. The van der Waals surface area contributed by atoms with E-state index in [1.807, 2.05) is 13.8 Å². The van der Waals surface area contributed by atoms with Crippen LogP contribution in [0.2, 0.25) is 0 Å². The van der Waals surface area contributed by atoms with Crippen molar-refractivity contribution < 1.29 is 4.39 Å². The van der Waals surface area contributed by atoms with E-state index in [4.69, 9.17) is 17.3 Å². The van der Waals surface area contributed by atoms with Crippen LogP contribution in [0, 0.1) is 12.7 Å². The highest BCUT2D eigenvalue weighted by atomic mass is 35.5. The van der Waals surface area contributed by atoms with Crippen molar-refractivity contribution in [1.82, 2.24) is 0 Å². The number of allylic oxidation sites excluding steroid dienone is 1. The molecule has 3 heteroatoms. The molecule has 0 spiro atoms. The molecule has 0 heterocycles. The van der Waals surface area contributed by atoms with E-state index in [1.165, 1.54) is 6.07 Å². The Bertz CT molecular complexity index is 372. The van der Waals surface area contributed by atoms with Gasteiger partial charge in [0.15, 0.2) is 0 Å². The van der Waals surface area contributed by atoms with Gasteiger partial charge in [-0.2, -0.15) is 0 Å². The second-order valence-electron chi connectivity index (χ2n) is 3.10. The third-order valence-corrected chi connectivity index (χ3v) is 2.55. The quantitative estimate of drug-likeness (QED) is 0.802. The normalized spacial score (nSPS) is 11.9. The van der Waals surface area contributed by atoms with E-state index in [0.717, 1.165) is 11.1 Å². The number of benzene rings is 1. The first-order valence-corrected chi connectivity index (χ1v) is 4.79. The highest BCUT2D eigenvalue weighted by Crippen LogP contribution is 2.25. The molecule has 0 amide bonds. The summed E-state index contributed by atoms with van der Waals surface area (Å²) in [5, 5.41) is 0.622. The van der Waals surface area contributed by atoms with Gasteiger partial charge in [-0.15, -0.1) is 0 Å². The first-order valence-electron chi connectivity index (χ1n) is 4.41. The maximum Gasteiger partial charge on any atom is 0.127 e. The van der Waals surface area contributed by atoms with Crippen molar-refractivity contribution in [3.05, 3.63) is 40.7 Å². The molecule has 1 rings (SSSR count). The van der Waals surface area contributed by atoms with Gasteiger partial charge >= 0.3 is 0 Å². The summed E-state index contributed by atoms with van der Waals surface area (Å²) in [5.74, 6) is -0.269. The Morgan fingerprint density at radius 1 is 1.57 bits per heavy atom. The van der Waals surface area contributed by atoms with Crippen LogP contribution in [-0.4, -0.2) is 0 Å². The Kier molecular flexibility index (Phi) is 3.67. The van der Waals surface area contributed by atoms with Crippen molar-refractivity contribution in [2.45, 2.75) is 20.4 Å². The predicted octanol–water partition coefficient (Wildman–Crippen LogP) is 3.19. The lowest BCUT2D eigenvalue weighted by Gasteiger charge is -2.08. The maximum absolute atomic E-state index is 13.3. The van der Waals surface area contributed by atoms with Gasteiger partial charge in [0.25, 0.3) is 0 Å². The molecule has 0 bridgehead atoms. The van der Waals surface area contributed by atoms with Crippen LogP contribution in [-0.2, 0) is 6.54 Å². The number of hydrogen-bond donors (Lipinski definition) is 1. The van der Waals surface area contributed by atoms with E-state index in [0.29, 0.717) is 10.6 Å². The fourth-order valence-electron chi connectivity index (χ4n) is 1.29. The van der Waals surface area contributed by atoms with Crippen molar-refractivity contribution >= 4 is 16.6 Å². The average molecular weight is 214 g/mol. The molecule has 76 valence electrons. The Hall–Kier alpha value is -0.860. The van der Waals surface area contributed by atoms with Gasteiger partial charge < -0.3 is 5.73 Å². The highest BCUT2D eigenvalue weighted by molar-refractivity contribution is 6.48. The second kappa shape index (κ2) is 4.58. The summed E-state index contributed by atoms with van der Waals surface area (Å²) in [6, 6.07) is 3.16. The largest absolute Gasteiger partial charge is 0.326 e. The van der Waals surface area contributed by atoms with Gasteiger partial charge in [-0.3, -0.25) is 0 Å². The van der Waals surface area contributed by atoms with Crippen molar-refractivity contribution in [1.29, 1.82) is 0 Å². The van der Waals surface area contributed by atoms with E-state index in [1.54, 1.807) is 12.1 Å². The molecule has 0 saturated carbocycles. The van der Waals surface area contributed by atoms with Crippen LogP contribution in [0.15, 0.2) is 18.2 Å². The zero-order valence-corrected chi connectivity index (χ0v) is 9.03. The lowest BCUT2D eigenvalue weighted by Crippen LogP contribution is -2.01. The molecule has 14 heavy (non-hydrogen) atoms. The summed E-state index contributed by atoms with van der Waals surface area (Å²) in [6.45, 7) is 3.85. The molecule has 0 saturated heterocycles. The summed E-state index contributed by atoms with van der Waals surface area (Å²) >= 11 is 5.98. The minimum Gasteiger partial charge on any atom is -0.326 e. The number of hydrogen-bond acceptors (Lipinski definition) is 1. The summed E-state index contributed by atoms with van der Waals surface area (Å²) in [6.07, 6.45) is 1.78. The molecule has 0 aliphatic rings. The van der Waals surface area contributed by atoms with Gasteiger partial charge in [-0.05, 0) is 37.1 Å². The molecule has 0 fully saturated rings. The molecule has 1 aromatic rings. The fourth-order valence-corrected chi connectivity index (χ4v) is 1.49. The molecule has 0 unspecified atom stereocenters. The highest BCUT2D eigenvalue weighted by Gasteiger charge is 2.07. The van der Waals surface area contributed by atoms with Gasteiger partial charge in [0.05, 0.1) is 0 Å².